The fourth-order valence-corrected chi connectivity index (χ4v) is 2.92. The molecule has 1 saturated carbocycles. The smallest absolute Gasteiger partial charge is 0.243 e. The maximum absolute atomic E-state index is 13.2. The van der Waals surface area contributed by atoms with Crippen molar-refractivity contribution in [2.45, 2.75) is 38.0 Å². The van der Waals surface area contributed by atoms with Crippen LogP contribution >= 0.6 is 0 Å². The number of rotatable bonds is 4. The molecule has 2 atom stereocenters. The van der Waals surface area contributed by atoms with Crippen molar-refractivity contribution in [1.29, 1.82) is 0 Å². The molecular weight excluding hydrogens is 335 g/mol. The number of hydrogen-bond donors (Lipinski definition) is 1. The number of amides is 1. The van der Waals surface area contributed by atoms with Gasteiger partial charge in [0.1, 0.15) is 18.5 Å². The van der Waals surface area contributed by atoms with E-state index < -0.39 is 0 Å². The number of likely N-dealkylation sites (N-methyl/N-ethyl adjacent to an activating group) is 1. The Morgan fingerprint density at radius 1 is 1.31 bits per heavy atom. The molecule has 1 aliphatic heterocycles. The molecule has 1 aromatic carbocycles. The number of halogens is 1. The number of carbonyl (C=O) groups is 1. The summed E-state index contributed by atoms with van der Waals surface area (Å²) >= 11 is 0. The van der Waals surface area contributed by atoms with Gasteiger partial charge in [-0.1, -0.05) is 12.1 Å². The second-order valence-electron chi connectivity index (χ2n) is 7.24. The van der Waals surface area contributed by atoms with Gasteiger partial charge in [0, 0.05) is 26.7 Å². The lowest BCUT2D eigenvalue weighted by Crippen LogP contribution is -2.51. The van der Waals surface area contributed by atoms with E-state index in [0.717, 1.165) is 24.4 Å². The Kier molecular flexibility index (Phi) is 5.76. The first kappa shape index (κ1) is 18.6. The molecule has 2 fully saturated rings. The largest absolute Gasteiger partial charge is 0.367 e. The van der Waals surface area contributed by atoms with Gasteiger partial charge < -0.3 is 19.9 Å². The first-order valence-corrected chi connectivity index (χ1v) is 9.09. The highest BCUT2D eigenvalue weighted by Gasteiger charge is 2.31. The van der Waals surface area contributed by atoms with E-state index in [1.807, 2.05) is 6.92 Å². The van der Waals surface area contributed by atoms with Gasteiger partial charge in [-0.3, -0.25) is 4.79 Å². The first-order chi connectivity index (χ1) is 12.4. The summed E-state index contributed by atoms with van der Waals surface area (Å²) in [5.74, 6) is 0.468. The Bertz CT molecular complexity index is 658. The highest BCUT2D eigenvalue weighted by Crippen LogP contribution is 2.26. The number of benzene rings is 1. The summed E-state index contributed by atoms with van der Waals surface area (Å²) in [5, 5.41) is 3.45. The summed E-state index contributed by atoms with van der Waals surface area (Å²) in [6.45, 7) is 3.45. The van der Waals surface area contributed by atoms with Gasteiger partial charge in [0.25, 0.3) is 0 Å². The minimum atomic E-state index is -0.255. The van der Waals surface area contributed by atoms with Crippen LogP contribution in [0.3, 0.4) is 0 Å². The second kappa shape index (κ2) is 8.03. The maximum Gasteiger partial charge on any atom is 0.243 e. The molecule has 1 N–H and O–H groups in total. The van der Waals surface area contributed by atoms with Gasteiger partial charge in [0.05, 0.1) is 12.6 Å². The van der Waals surface area contributed by atoms with E-state index in [2.05, 4.69) is 15.2 Å². The van der Waals surface area contributed by atoms with Gasteiger partial charge in [-0.15, -0.1) is 0 Å². The second-order valence-corrected chi connectivity index (χ2v) is 7.24. The van der Waals surface area contributed by atoms with Crippen molar-refractivity contribution in [3.63, 3.8) is 0 Å². The third-order valence-corrected chi connectivity index (χ3v) is 4.58. The molecule has 142 valence electrons. The third kappa shape index (κ3) is 4.94. The normalized spacial score (nSPS) is 23.7. The number of ether oxygens (including phenoxy) is 1. The molecule has 1 amide bonds. The Labute approximate surface area is 154 Å². The summed E-state index contributed by atoms with van der Waals surface area (Å²) < 4.78 is 19.3. The van der Waals surface area contributed by atoms with E-state index >= 15 is 0 Å². The highest BCUT2D eigenvalue weighted by molar-refractivity contribution is 5.85. The average molecular weight is 362 g/mol. The molecule has 6 nitrogen and oxygen atoms in total. The van der Waals surface area contributed by atoms with Crippen molar-refractivity contribution in [2.24, 2.45) is 4.99 Å². The number of nitrogens with one attached hydrogen (secondary N) is 1. The van der Waals surface area contributed by atoms with Gasteiger partial charge >= 0.3 is 0 Å². The molecule has 0 aromatic heterocycles. The topological polar surface area (TPSA) is 57.2 Å². The Hall–Kier alpha value is -2.15. The highest BCUT2D eigenvalue weighted by atomic mass is 19.1. The number of carbonyl (C=O) groups excluding carboxylic acids is 1. The van der Waals surface area contributed by atoms with E-state index in [1.54, 1.807) is 31.1 Å². The van der Waals surface area contributed by atoms with Gasteiger partial charge in [-0.2, -0.15) is 0 Å². The van der Waals surface area contributed by atoms with Crippen LogP contribution in [-0.4, -0.2) is 67.5 Å². The van der Waals surface area contributed by atoms with Crippen molar-refractivity contribution in [2.75, 3.05) is 33.7 Å². The van der Waals surface area contributed by atoms with Crippen LogP contribution in [-0.2, 0) is 9.53 Å². The fourth-order valence-electron chi connectivity index (χ4n) is 2.92. The van der Waals surface area contributed by atoms with Gasteiger partial charge in [-0.25, -0.2) is 9.38 Å². The van der Waals surface area contributed by atoms with E-state index in [1.165, 1.54) is 12.1 Å². The molecule has 0 radical (unpaired) electrons. The molecule has 0 spiro atoms. The van der Waals surface area contributed by atoms with Crippen molar-refractivity contribution in [1.82, 2.24) is 15.1 Å². The Morgan fingerprint density at radius 2 is 2.00 bits per heavy atom. The standard InChI is InChI=1S/C19H27FN4O2/c1-13-11-24(12-17(26-13)14-4-6-15(20)7-5-14)19(22-16-8-9-16)21-10-18(25)23(2)3/h4-7,13,16-17H,8-12H2,1-3H3,(H,21,22). The summed E-state index contributed by atoms with van der Waals surface area (Å²) in [7, 11) is 3.46. The minimum Gasteiger partial charge on any atom is -0.367 e. The zero-order valence-electron chi connectivity index (χ0n) is 15.6. The molecule has 1 heterocycles. The molecule has 1 aromatic rings. The van der Waals surface area contributed by atoms with Crippen molar-refractivity contribution in [3.05, 3.63) is 35.6 Å². The molecular formula is C19H27FN4O2. The fraction of sp³-hybridized carbons (Fsp3) is 0.579. The first-order valence-electron chi connectivity index (χ1n) is 9.09. The van der Waals surface area contributed by atoms with Crippen molar-refractivity contribution >= 4 is 11.9 Å². The predicted molar refractivity (Wildman–Crippen MR) is 98.4 cm³/mol. The summed E-state index contributed by atoms with van der Waals surface area (Å²) in [4.78, 5) is 20.2. The molecule has 1 saturated heterocycles. The summed E-state index contributed by atoms with van der Waals surface area (Å²) in [6, 6.07) is 6.87. The molecule has 2 unspecified atom stereocenters. The zero-order valence-corrected chi connectivity index (χ0v) is 15.6. The van der Waals surface area contributed by atoms with Gasteiger partial charge in [-0.05, 0) is 37.5 Å². The van der Waals surface area contributed by atoms with E-state index in [4.69, 9.17) is 4.74 Å². The van der Waals surface area contributed by atoms with Crippen LogP contribution in [0.15, 0.2) is 29.3 Å². The van der Waals surface area contributed by atoms with Crippen LogP contribution in [0.5, 0.6) is 0 Å². The molecule has 7 heteroatoms. The van der Waals surface area contributed by atoms with Crippen LogP contribution in [0.2, 0.25) is 0 Å². The quantitative estimate of drug-likeness (QED) is 0.655. The van der Waals surface area contributed by atoms with Gasteiger partial charge in [0.2, 0.25) is 5.91 Å². The van der Waals surface area contributed by atoms with Gasteiger partial charge in [0.15, 0.2) is 5.96 Å². The molecule has 0 bridgehead atoms. The molecule has 2 aliphatic rings. The molecule has 3 rings (SSSR count). The van der Waals surface area contributed by atoms with Crippen molar-refractivity contribution in [3.8, 4) is 0 Å². The van der Waals surface area contributed by atoms with Crippen molar-refractivity contribution < 1.29 is 13.9 Å². The molecule has 26 heavy (non-hydrogen) atoms. The summed E-state index contributed by atoms with van der Waals surface area (Å²) in [6.07, 6.45) is 2.11. The number of nitrogens with zero attached hydrogens (tertiary/aromatic N) is 3. The monoisotopic (exact) mass is 362 g/mol. The van der Waals surface area contributed by atoms with E-state index in [0.29, 0.717) is 19.1 Å². The van der Waals surface area contributed by atoms with Crippen LogP contribution in [0.4, 0.5) is 4.39 Å². The lowest BCUT2D eigenvalue weighted by molar-refractivity contribution is -0.127. The van der Waals surface area contributed by atoms with Crippen LogP contribution in [0.1, 0.15) is 31.4 Å². The minimum absolute atomic E-state index is 0.00885. The van der Waals surface area contributed by atoms with E-state index in [9.17, 15) is 9.18 Å². The number of aliphatic imine (C=N–C) groups is 1. The number of guanidine groups is 1. The van der Waals surface area contributed by atoms with Crippen LogP contribution < -0.4 is 5.32 Å². The zero-order chi connectivity index (χ0) is 18.7. The molecule has 1 aliphatic carbocycles. The third-order valence-electron chi connectivity index (χ3n) is 4.58. The lowest BCUT2D eigenvalue weighted by atomic mass is 10.1. The number of morpholine rings is 1. The lowest BCUT2D eigenvalue weighted by Gasteiger charge is -2.39. The Morgan fingerprint density at radius 3 is 2.62 bits per heavy atom. The summed E-state index contributed by atoms with van der Waals surface area (Å²) in [5.41, 5.74) is 0.943. The average Bonchev–Trinajstić information content (AvgIpc) is 3.42. The maximum atomic E-state index is 13.2. The van der Waals surface area contributed by atoms with E-state index in [-0.39, 0.29) is 30.5 Å². The number of hydrogen-bond acceptors (Lipinski definition) is 3. The van der Waals surface area contributed by atoms with Crippen LogP contribution in [0.25, 0.3) is 0 Å². The Balaban J connectivity index is 1.74. The predicted octanol–water partition coefficient (Wildman–Crippen LogP) is 1.78. The van der Waals surface area contributed by atoms with Crippen LogP contribution in [0, 0.1) is 5.82 Å². The SMILES string of the molecule is CC1CN(C(=NCC(=O)N(C)C)NC2CC2)CC(c2ccc(F)cc2)O1.